The van der Waals surface area contributed by atoms with Crippen molar-refractivity contribution in [3.63, 3.8) is 0 Å². The third-order valence-corrected chi connectivity index (χ3v) is 2.11. The Bertz CT molecular complexity index is 119. The second-order valence-electron chi connectivity index (χ2n) is 2.76. The van der Waals surface area contributed by atoms with Gasteiger partial charge < -0.3 is 0 Å². The molecule has 66 valence electrons. The predicted molar refractivity (Wildman–Crippen MR) is 47.7 cm³/mol. The SMILES string of the molecule is CC[C@@H](C(C)=O)N(CC)CC. The van der Waals surface area contributed by atoms with E-state index in [0.29, 0.717) is 0 Å². The molecule has 0 fully saturated rings. The van der Waals surface area contributed by atoms with Crippen LogP contribution in [0.15, 0.2) is 0 Å². The van der Waals surface area contributed by atoms with Crippen molar-refractivity contribution in [3.8, 4) is 0 Å². The molecule has 11 heavy (non-hydrogen) atoms. The molecule has 2 nitrogen and oxygen atoms in total. The zero-order valence-electron chi connectivity index (χ0n) is 8.05. The number of Topliss-reactive ketones (excluding diaryl/α,β-unsaturated/α-hetero) is 1. The van der Waals surface area contributed by atoms with E-state index < -0.39 is 0 Å². The first-order valence-electron chi connectivity index (χ1n) is 4.41. The lowest BCUT2D eigenvalue weighted by atomic mass is 10.1. The Balaban J connectivity index is 4.09. The quantitative estimate of drug-likeness (QED) is 0.605. The fraction of sp³-hybridized carbons (Fsp3) is 0.889. The Labute approximate surface area is 69.6 Å². The summed E-state index contributed by atoms with van der Waals surface area (Å²) < 4.78 is 0. The Morgan fingerprint density at radius 2 is 1.73 bits per heavy atom. The molecule has 0 rings (SSSR count). The summed E-state index contributed by atoms with van der Waals surface area (Å²) in [6.45, 7) is 9.85. The summed E-state index contributed by atoms with van der Waals surface area (Å²) in [5.41, 5.74) is 0. The number of hydrogen-bond donors (Lipinski definition) is 0. The molecule has 0 unspecified atom stereocenters. The number of carbonyl (C=O) groups is 1. The van der Waals surface area contributed by atoms with Crippen LogP contribution < -0.4 is 0 Å². The lowest BCUT2D eigenvalue weighted by Crippen LogP contribution is -2.39. The normalized spacial score (nSPS) is 13.5. The second kappa shape index (κ2) is 5.30. The summed E-state index contributed by atoms with van der Waals surface area (Å²) in [4.78, 5) is 13.3. The molecule has 0 radical (unpaired) electrons. The van der Waals surface area contributed by atoms with Crippen molar-refractivity contribution in [3.05, 3.63) is 0 Å². The van der Waals surface area contributed by atoms with Gasteiger partial charge in [-0.2, -0.15) is 0 Å². The number of rotatable bonds is 5. The molecular formula is C9H19NO. The molecule has 2 heteroatoms. The summed E-state index contributed by atoms with van der Waals surface area (Å²) in [7, 11) is 0. The topological polar surface area (TPSA) is 20.3 Å². The Morgan fingerprint density at radius 1 is 1.27 bits per heavy atom. The summed E-state index contributed by atoms with van der Waals surface area (Å²) >= 11 is 0. The Hall–Kier alpha value is -0.370. The van der Waals surface area contributed by atoms with E-state index in [4.69, 9.17) is 0 Å². The molecule has 0 aliphatic rings. The molecule has 0 bridgehead atoms. The van der Waals surface area contributed by atoms with E-state index in [-0.39, 0.29) is 11.8 Å². The van der Waals surface area contributed by atoms with E-state index in [1.165, 1.54) is 0 Å². The van der Waals surface area contributed by atoms with Crippen LogP contribution in [-0.2, 0) is 4.79 Å². The molecule has 0 aliphatic carbocycles. The van der Waals surface area contributed by atoms with Crippen LogP contribution in [0, 0.1) is 0 Å². The Morgan fingerprint density at radius 3 is 1.82 bits per heavy atom. The molecule has 1 atom stereocenters. The van der Waals surface area contributed by atoms with Crippen molar-refractivity contribution in [2.45, 2.75) is 40.2 Å². The van der Waals surface area contributed by atoms with Crippen molar-refractivity contribution < 1.29 is 4.79 Å². The number of nitrogens with zero attached hydrogens (tertiary/aromatic N) is 1. The monoisotopic (exact) mass is 157 g/mol. The fourth-order valence-electron chi connectivity index (χ4n) is 1.47. The van der Waals surface area contributed by atoms with Crippen molar-refractivity contribution in [1.82, 2.24) is 4.90 Å². The standard InChI is InChI=1S/C9H19NO/c1-5-9(8(4)11)10(6-2)7-3/h9H,5-7H2,1-4H3/t9-/m0/s1. The maximum Gasteiger partial charge on any atom is 0.146 e. The molecule has 0 aromatic heterocycles. The first-order valence-corrected chi connectivity index (χ1v) is 4.41. The van der Waals surface area contributed by atoms with Gasteiger partial charge in [-0.1, -0.05) is 20.8 Å². The smallest absolute Gasteiger partial charge is 0.146 e. The molecular weight excluding hydrogens is 138 g/mol. The van der Waals surface area contributed by atoms with Crippen molar-refractivity contribution in [1.29, 1.82) is 0 Å². The van der Waals surface area contributed by atoms with Gasteiger partial charge in [-0.15, -0.1) is 0 Å². The molecule has 0 saturated heterocycles. The van der Waals surface area contributed by atoms with Gasteiger partial charge in [0, 0.05) is 0 Å². The largest absolute Gasteiger partial charge is 0.298 e. The minimum atomic E-state index is 0.144. The summed E-state index contributed by atoms with van der Waals surface area (Å²) in [6, 6.07) is 0.144. The predicted octanol–water partition coefficient (Wildman–Crippen LogP) is 1.70. The van der Waals surface area contributed by atoms with Gasteiger partial charge in [0.1, 0.15) is 5.78 Å². The number of likely N-dealkylation sites (N-methyl/N-ethyl adjacent to an activating group) is 1. The molecule has 0 spiro atoms. The molecule has 0 N–H and O–H groups in total. The van der Waals surface area contributed by atoms with Gasteiger partial charge >= 0.3 is 0 Å². The van der Waals surface area contributed by atoms with Crippen LogP contribution in [0.2, 0.25) is 0 Å². The minimum absolute atomic E-state index is 0.144. The highest BCUT2D eigenvalue weighted by Crippen LogP contribution is 2.04. The molecule has 0 aromatic rings. The van der Waals surface area contributed by atoms with E-state index in [2.05, 4.69) is 25.7 Å². The maximum atomic E-state index is 11.1. The van der Waals surface area contributed by atoms with E-state index in [1.807, 2.05) is 0 Å². The third kappa shape index (κ3) is 3.02. The van der Waals surface area contributed by atoms with Crippen molar-refractivity contribution in [2.24, 2.45) is 0 Å². The number of ketones is 1. The summed E-state index contributed by atoms with van der Waals surface area (Å²) in [5, 5.41) is 0. The van der Waals surface area contributed by atoms with Gasteiger partial charge in [0.2, 0.25) is 0 Å². The minimum Gasteiger partial charge on any atom is -0.298 e. The maximum absolute atomic E-state index is 11.1. The lowest BCUT2D eigenvalue weighted by Gasteiger charge is -2.26. The first kappa shape index (κ1) is 10.6. The van der Waals surface area contributed by atoms with Crippen LogP contribution in [0.3, 0.4) is 0 Å². The van der Waals surface area contributed by atoms with Crippen LogP contribution in [0.4, 0.5) is 0 Å². The van der Waals surface area contributed by atoms with Crippen LogP contribution in [0.25, 0.3) is 0 Å². The highest BCUT2D eigenvalue weighted by molar-refractivity contribution is 5.81. The van der Waals surface area contributed by atoms with Gasteiger partial charge in [0.25, 0.3) is 0 Å². The molecule has 0 heterocycles. The lowest BCUT2D eigenvalue weighted by molar-refractivity contribution is -0.122. The van der Waals surface area contributed by atoms with Crippen LogP contribution in [0.5, 0.6) is 0 Å². The number of carbonyl (C=O) groups excluding carboxylic acids is 1. The highest BCUT2D eigenvalue weighted by atomic mass is 16.1. The molecule has 0 amide bonds. The van der Waals surface area contributed by atoms with Gasteiger partial charge in [0.05, 0.1) is 6.04 Å². The summed E-state index contributed by atoms with van der Waals surface area (Å²) in [6.07, 6.45) is 0.928. The van der Waals surface area contributed by atoms with Crippen molar-refractivity contribution >= 4 is 5.78 Å². The molecule has 0 aliphatic heterocycles. The average Bonchev–Trinajstić information content (AvgIpc) is 1.99. The first-order chi connectivity index (χ1) is 5.17. The van der Waals surface area contributed by atoms with Gasteiger partial charge in [-0.3, -0.25) is 9.69 Å². The third-order valence-electron chi connectivity index (χ3n) is 2.11. The van der Waals surface area contributed by atoms with E-state index in [1.54, 1.807) is 6.92 Å². The van der Waals surface area contributed by atoms with E-state index in [9.17, 15) is 4.79 Å². The molecule has 0 saturated carbocycles. The van der Waals surface area contributed by atoms with Gasteiger partial charge in [-0.05, 0) is 26.4 Å². The van der Waals surface area contributed by atoms with E-state index in [0.717, 1.165) is 19.5 Å². The average molecular weight is 157 g/mol. The zero-order chi connectivity index (χ0) is 8.85. The van der Waals surface area contributed by atoms with Crippen molar-refractivity contribution in [2.75, 3.05) is 13.1 Å². The Kier molecular flexibility index (Phi) is 5.12. The fourth-order valence-corrected chi connectivity index (χ4v) is 1.47. The zero-order valence-corrected chi connectivity index (χ0v) is 8.05. The van der Waals surface area contributed by atoms with Crippen LogP contribution in [-0.4, -0.2) is 29.8 Å². The number of hydrogen-bond acceptors (Lipinski definition) is 2. The van der Waals surface area contributed by atoms with E-state index >= 15 is 0 Å². The van der Waals surface area contributed by atoms with Crippen LogP contribution in [0.1, 0.15) is 34.1 Å². The van der Waals surface area contributed by atoms with Gasteiger partial charge in [0.15, 0.2) is 0 Å². The highest BCUT2D eigenvalue weighted by Gasteiger charge is 2.17. The van der Waals surface area contributed by atoms with Gasteiger partial charge in [-0.25, -0.2) is 0 Å². The second-order valence-corrected chi connectivity index (χ2v) is 2.76. The molecule has 0 aromatic carbocycles. The summed E-state index contributed by atoms with van der Waals surface area (Å²) in [5.74, 6) is 0.288. The van der Waals surface area contributed by atoms with Crippen LogP contribution >= 0.6 is 0 Å².